The van der Waals surface area contributed by atoms with E-state index in [1.54, 1.807) is 25.7 Å². The Morgan fingerprint density at radius 2 is 2.21 bits per heavy atom. The highest BCUT2D eigenvalue weighted by atomic mass is 35.5. The number of hydrogen-bond donors (Lipinski definition) is 0. The predicted octanol–water partition coefficient (Wildman–Crippen LogP) is 2.28. The molecule has 0 N–H and O–H groups in total. The van der Waals surface area contributed by atoms with Gasteiger partial charge in [0.15, 0.2) is 23.1 Å². The summed E-state index contributed by atoms with van der Waals surface area (Å²) < 4.78 is 21.7. The minimum Gasteiger partial charge on any atom is -0.380 e. The van der Waals surface area contributed by atoms with E-state index in [1.165, 1.54) is 12.3 Å². The van der Waals surface area contributed by atoms with Gasteiger partial charge in [0.1, 0.15) is 0 Å². The van der Waals surface area contributed by atoms with Gasteiger partial charge in [0, 0.05) is 38.7 Å². The zero-order valence-corrected chi connectivity index (χ0v) is 13.6. The lowest BCUT2D eigenvalue weighted by Gasteiger charge is -2.24. The van der Waals surface area contributed by atoms with Gasteiger partial charge >= 0.3 is 0 Å². The van der Waals surface area contributed by atoms with Gasteiger partial charge in [-0.05, 0) is 6.07 Å². The van der Waals surface area contributed by atoms with Crippen LogP contribution in [0.3, 0.4) is 0 Å². The first-order valence-electron chi connectivity index (χ1n) is 7.42. The van der Waals surface area contributed by atoms with Crippen LogP contribution < -0.4 is 4.90 Å². The van der Waals surface area contributed by atoms with Gasteiger partial charge in [-0.3, -0.25) is 9.38 Å². The van der Waals surface area contributed by atoms with Gasteiger partial charge in [-0.15, -0.1) is 10.2 Å². The van der Waals surface area contributed by atoms with Crippen molar-refractivity contribution in [3.63, 3.8) is 0 Å². The average Bonchev–Trinajstić information content (AvgIpc) is 3.18. The van der Waals surface area contributed by atoms with Crippen LogP contribution in [0.2, 0.25) is 5.02 Å². The Labute approximate surface area is 142 Å². The van der Waals surface area contributed by atoms with E-state index in [2.05, 4.69) is 20.2 Å². The second-order valence-electron chi connectivity index (χ2n) is 5.58. The summed E-state index contributed by atoms with van der Waals surface area (Å²) in [4.78, 5) is 10.0. The molecule has 7 nitrogen and oxygen atoms in total. The molecule has 0 unspecified atom stereocenters. The maximum atomic E-state index is 14.4. The van der Waals surface area contributed by atoms with E-state index in [0.29, 0.717) is 24.4 Å². The summed E-state index contributed by atoms with van der Waals surface area (Å²) in [5.41, 5.74) is 0.637. The molecule has 24 heavy (non-hydrogen) atoms. The number of anilines is 1. The zero-order valence-electron chi connectivity index (χ0n) is 12.8. The Morgan fingerprint density at radius 3 is 3.00 bits per heavy atom. The van der Waals surface area contributed by atoms with Crippen LogP contribution in [0.25, 0.3) is 5.65 Å². The van der Waals surface area contributed by atoms with Crippen molar-refractivity contribution in [2.75, 3.05) is 18.6 Å². The number of hydrogen-bond acceptors (Lipinski definition) is 6. The number of fused-ring (bicyclic) bond motifs is 1. The standard InChI is InChI=1S/C15H14ClFN6O/c1-24-10-5-12(15-21-20-13-7-18-2-3-22(13)15)23(8-10)14-11(17)4-9(16)6-19-14/h2-4,6-7,10,12H,5,8H2,1H3/t10-,12+/m1/s1. The van der Waals surface area contributed by atoms with E-state index in [-0.39, 0.29) is 23.0 Å². The summed E-state index contributed by atoms with van der Waals surface area (Å²) in [6, 6.07) is 1.04. The van der Waals surface area contributed by atoms with Crippen molar-refractivity contribution in [3.05, 3.63) is 47.5 Å². The molecule has 3 aromatic heterocycles. The second-order valence-corrected chi connectivity index (χ2v) is 6.02. The number of pyridine rings is 1. The summed E-state index contributed by atoms with van der Waals surface area (Å²) in [5, 5.41) is 8.65. The maximum Gasteiger partial charge on any atom is 0.179 e. The lowest BCUT2D eigenvalue weighted by atomic mass is 10.2. The number of aromatic nitrogens is 5. The van der Waals surface area contributed by atoms with Crippen molar-refractivity contribution >= 4 is 23.1 Å². The molecule has 0 spiro atoms. The van der Waals surface area contributed by atoms with Gasteiger partial charge in [-0.1, -0.05) is 11.6 Å². The lowest BCUT2D eigenvalue weighted by molar-refractivity contribution is 0.118. The van der Waals surface area contributed by atoms with Crippen LogP contribution in [0.15, 0.2) is 30.9 Å². The first-order chi connectivity index (χ1) is 11.7. The van der Waals surface area contributed by atoms with Crippen LogP contribution in [0.4, 0.5) is 10.2 Å². The molecule has 1 aliphatic rings. The lowest BCUT2D eigenvalue weighted by Crippen LogP contribution is -2.27. The van der Waals surface area contributed by atoms with Crippen molar-refractivity contribution in [2.24, 2.45) is 0 Å². The van der Waals surface area contributed by atoms with E-state index < -0.39 is 5.82 Å². The molecule has 0 bridgehead atoms. The fourth-order valence-corrected chi connectivity index (χ4v) is 3.21. The Hall–Kier alpha value is -2.32. The van der Waals surface area contributed by atoms with Gasteiger partial charge < -0.3 is 9.64 Å². The molecular weight excluding hydrogens is 335 g/mol. The molecule has 4 heterocycles. The molecule has 3 aromatic rings. The Kier molecular flexibility index (Phi) is 3.78. The second kappa shape index (κ2) is 5.95. The molecule has 124 valence electrons. The first kappa shape index (κ1) is 15.2. The fraction of sp³-hybridized carbons (Fsp3) is 0.333. The monoisotopic (exact) mass is 348 g/mol. The summed E-state index contributed by atoms with van der Waals surface area (Å²) in [6.45, 7) is 0.507. The normalized spacial score (nSPS) is 20.9. The highest BCUT2D eigenvalue weighted by molar-refractivity contribution is 6.30. The highest BCUT2D eigenvalue weighted by Crippen LogP contribution is 2.37. The van der Waals surface area contributed by atoms with Crippen molar-refractivity contribution < 1.29 is 9.13 Å². The summed E-state index contributed by atoms with van der Waals surface area (Å²) in [5.74, 6) is 0.456. The molecule has 0 radical (unpaired) electrons. The molecular formula is C15H14ClFN6O. The average molecular weight is 349 g/mol. The van der Waals surface area contributed by atoms with E-state index in [4.69, 9.17) is 16.3 Å². The van der Waals surface area contributed by atoms with E-state index >= 15 is 0 Å². The Bertz CT molecular complexity index is 887. The third-order valence-corrected chi connectivity index (χ3v) is 4.40. The van der Waals surface area contributed by atoms with Crippen molar-refractivity contribution in [1.82, 2.24) is 24.6 Å². The quantitative estimate of drug-likeness (QED) is 0.723. The maximum absolute atomic E-state index is 14.4. The fourth-order valence-electron chi connectivity index (χ4n) is 3.06. The SMILES string of the molecule is CO[C@@H]1C[C@@H](c2nnc3cnccn23)N(c2ncc(Cl)cc2F)C1. The number of rotatable bonds is 3. The smallest absolute Gasteiger partial charge is 0.179 e. The third kappa shape index (κ3) is 2.47. The topological polar surface area (TPSA) is 68.4 Å². The molecule has 1 saturated heterocycles. The van der Waals surface area contributed by atoms with Gasteiger partial charge in [0.05, 0.1) is 23.4 Å². The van der Waals surface area contributed by atoms with Gasteiger partial charge in [-0.2, -0.15) is 0 Å². The number of halogens is 2. The number of nitrogens with zero attached hydrogens (tertiary/aromatic N) is 6. The minimum absolute atomic E-state index is 0.0546. The Morgan fingerprint density at radius 1 is 1.33 bits per heavy atom. The number of ether oxygens (including phenoxy) is 1. The molecule has 1 fully saturated rings. The Balaban J connectivity index is 1.79. The largest absolute Gasteiger partial charge is 0.380 e. The molecule has 2 atom stereocenters. The molecule has 0 aliphatic carbocycles. The summed E-state index contributed by atoms with van der Waals surface area (Å²) >= 11 is 5.81. The van der Waals surface area contributed by atoms with Crippen LogP contribution in [0.1, 0.15) is 18.3 Å². The van der Waals surface area contributed by atoms with Crippen LogP contribution in [-0.2, 0) is 4.74 Å². The number of methoxy groups -OCH3 is 1. The first-order valence-corrected chi connectivity index (χ1v) is 7.80. The van der Waals surface area contributed by atoms with Gasteiger partial charge in [0.25, 0.3) is 0 Å². The molecule has 0 amide bonds. The minimum atomic E-state index is -0.472. The van der Waals surface area contributed by atoms with Crippen molar-refractivity contribution in [2.45, 2.75) is 18.6 Å². The van der Waals surface area contributed by atoms with Crippen LogP contribution in [0, 0.1) is 5.82 Å². The highest BCUT2D eigenvalue weighted by Gasteiger charge is 2.38. The van der Waals surface area contributed by atoms with Crippen LogP contribution in [-0.4, -0.2) is 44.3 Å². The predicted molar refractivity (Wildman–Crippen MR) is 85.5 cm³/mol. The molecule has 9 heteroatoms. The molecule has 1 aliphatic heterocycles. The molecule has 4 rings (SSSR count). The van der Waals surface area contributed by atoms with Gasteiger partial charge in [0.2, 0.25) is 0 Å². The van der Waals surface area contributed by atoms with E-state index in [9.17, 15) is 4.39 Å². The summed E-state index contributed by atoms with van der Waals surface area (Å²) in [6.07, 6.45) is 7.11. The molecule has 0 aromatic carbocycles. The van der Waals surface area contributed by atoms with Crippen LogP contribution >= 0.6 is 11.6 Å². The zero-order chi connectivity index (χ0) is 16.7. The third-order valence-electron chi connectivity index (χ3n) is 4.19. The summed E-state index contributed by atoms with van der Waals surface area (Å²) in [7, 11) is 1.64. The van der Waals surface area contributed by atoms with Crippen molar-refractivity contribution in [1.29, 1.82) is 0 Å². The van der Waals surface area contributed by atoms with E-state index in [1.807, 2.05) is 9.30 Å². The van der Waals surface area contributed by atoms with Gasteiger partial charge in [-0.25, -0.2) is 9.37 Å². The molecule has 0 saturated carbocycles. The van der Waals surface area contributed by atoms with Crippen LogP contribution in [0.5, 0.6) is 0 Å². The van der Waals surface area contributed by atoms with E-state index in [0.717, 1.165) is 0 Å². The van der Waals surface area contributed by atoms with Crippen molar-refractivity contribution in [3.8, 4) is 0 Å².